The summed E-state index contributed by atoms with van der Waals surface area (Å²) < 4.78 is 0. The fourth-order valence-corrected chi connectivity index (χ4v) is 0.876. The first-order valence-electron chi connectivity index (χ1n) is 3.43. The molecule has 1 aromatic carbocycles. The molecule has 0 saturated carbocycles. The molecule has 1 nitrogen and oxygen atoms in total. The maximum atomic E-state index is 8.40. The molecular formula is C9H11CuO. The summed E-state index contributed by atoms with van der Waals surface area (Å²) in [5.74, 6) is 0. The Bertz CT molecular complexity index is 174. The average molecular weight is 199 g/mol. The van der Waals surface area contributed by atoms with Gasteiger partial charge in [0, 0.05) is 0 Å². The van der Waals surface area contributed by atoms with Crippen LogP contribution in [0.4, 0.5) is 0 Å². The van der Waals surface area contributed by atoms with Gasteiger partial charge >= 0.3 is 17.1 Å². The molecular weight excluding hydrogens is 188 g/mol. The van der Waals surface area contributed by atoms with E-state index in [1.54, 1.807) is 0 Å². The van der Waals surface area contributed by atoms with Gasteiger partial charge in [-0.25, -0.2) is 6.61 Å². The minimum absolute atomic E-state index is 0. The molecule has 0 fully saturated rings. The van der Waals surface area contributed by atoms with Gasteiger partial charge in [0.2, 0.25) is 0 Å². The van der Waals surface area contributed by atoms with Crippen molar-refractivity contribution in [1.82, 2.24) is 0 Å². The van der Waals surface area contributed by atoms with Gasteiger partial charge in [0.05, 0.1) is 0 Å². The SMILES string of the molecule is O[CH-]CCc1ccccc1.[Cu+]. The van der Waals surface area contributed by atoms with Gasteiger partial charge in [-0.2, -0.15) is 6.42 Å². The molecule has 0 saturated heterocycles. The van der Waals surface area contributed by atoms with Crippen LogP contribution in [0.3, 0.4) is 0 Å². The minimum Gasteiger partial charge on any atom is -0.566 e. The summed E-state index contributed by atoms with van der Waals surface area (Å²) in [5, 5.41) is 8.40. The van der Waals surface area contributed by atoms with E-state index < -0.39 is 0 Å². The van der Waals surface area contributed by atoms with Crippen LogP contribution in [0, 0.1) is 6.61 Å². The molecule has 0 aliphatic heterocycles. The van der Waals surface area contributed by atoms with Gasteiger partial charge in [-0.15, -0.1) is 0 Å². The zero-order valence-corrected chi connectivity index (χ0v) is 7.07. The van der Waals surface area contributed by atoms with Crippen molar-refractivity contribution in [1.29, 1.82) is 0 Å². The predicted molar refractivity (Wildman–Crippen MR) is 41.0 cm³/mol. The Hall–Kier alpha value is -0.301. The van der Waals surface area contributed by atoms with Crippen LogP contribution in [0.5, 0.6) is 0 Å². The van der Waals surface area contributed by atoms with Crippen molar-refractivity contribution >= 4 is 0 Å². The molecule has 2 heteroatoms. The first-order valence-corrected chi connectivity index (χ1v) is 3.43. The molecule has 0 amide bonds. The molecule has 0 aliphatic rings. The number of hydrogen-bond donors (Lipinski definition) is 1. The van der Waals surface area contributed by atoms with E-state index in [2.05, 4.69) is 12.1 Å². The van der Waals surface area contributed by atoms with E-state index >= 15 is 0 Å². The largest absolute Gasteiger partial charge is 1.00 e. The van der Waals surface area contributed by atoms with Crippen molar-refractivity contribution in [3.8, 4) is 0 Å². The fourth-order valence-electron chi connectivity index (χ4n) is 0.876. The van der Waals surface area contributed by atoms with E-state index in [9.17, 15) is 0 Å². The summed E-state index contributed by atoms with van der Waals surface area (Å²) in [6.45, 7) is 1.20. The van der Waals surface area contributed by atoms with E-state index in [-0.39, 0.29) is 17.1 Å². The number of aliphatic hydroxyl groups is 1. The van der Waals surface area contributed by atoms with Gasteiger partial charge < -0.3 is 5.11 Å². The molecule has 0 aromatic heterocycles. The smallest absolute Gasteiger partial charge is 0.566 e. The standard InChI is InChI=1S/C9H11O.Cu/c10-8-4-7-9-5-2-1-3-6-9;/h1-3,5-6,8,10H,4,7H2;/q-1;+1. The maximum Gasteiger partial charge on any atom is 1.00 e. The van der Waals surface area contributed by atoms with Crippen LogP contribution >= 0.6 is 0 Å². The van der Waals surface area contributed by atoms with Crippen molar-refractivity contribution in [3.05, 3.63) is 42.5 Å². The molecule has 0 spiro atoms. The number of hydrogen-bond acceptors (Lipinski definition) is 1. The summed E-state index contributed by atoms with van der Waals surface area (Å²) in [6.07, 6.45) is 1.67. The molecule has 11 heavy (non-hydrogen) atoms. The Labute approximate surface area is 77.9 Å². The minimum atomic E-state index is 0. The van der Waals surface area contributed by atoms with E-state index in [1.807, 2.05) is 18.2 Å². The number of aliphatic hydroxyl groups excluding tert-OH is 1. The first-order chi connectivity index (χ1) is 4.93. The van der Waals surface area contributed by atoms with Gasteiger partial charge in [-0.05, 0) is 0 Å². The second-order valence-corrected chi connectivity index (χ2v) is 2.21. The summed E-state index contributed by atoms with van der Waals surface area (Å²) in [5.41, 5.74) is 1.27. The van der Waals surface area contributed by atoms with Crippen molar-refractivity contribution in [2.24, 2.45) is 0 Å². The van der Waals surface area contributed by atoms with E-state index in [4.69, 9.17) is 5.11 Å². The summed E-state index contributed by atoms with van der Waals surface area (Å²) >= 11 is 0. The van der Waals surface area contributed by atoms with E-state index in [0.717, 1.165) is 12.8 Å². The third kappa shape index (κ3) is 4.20. The summed E-state index contributed by atoms with van der Waals surface area (Å²) in [7, 11) is 0. The Morgan fingerprint density at radius 2 is 1.82 bits per heavy atom. The third-order valence-electron chi connectivity index (χ3n) is 1.40. The van der Waals surface area contributed by atoms with Gasteiger partial charge in [0.25, 0.3) is 0 Å². The van der Waals surface area contributed by atoms with Crippen molar-refractivity contribution in [2.75, 3.05) is 0 Å². The summed E-state index contributed by atoms with van der Waals surface area (Å²) in [4.78, 5) is 0. The zero-order valence-electron chi connectivity index (χ0n) is 6.13. The Morgan fingerprint density at radius 3 is 2.36 bits per heavy atom. The van der Waals surface area contributed by atoms with Gasteiger partial charge in [-0.3, -0.25) is 0 Å². The molecule has 0 unspecified atom stereocenters. The molecule has 0 bridgehead atoms. The Balaban J connectivity index is 0.000001000. The molecule has 1 N–H and O–H groups in total. The zero-order chi connectivity index (χ0) is 7.23. The van der Waals surface area contributed by atoms with Crippen molar-refractivity contribution < 1.29 is 22.2 Å². The molecule has 0 atom stereocenters. The fraction of sp³-hybridized carbons (Fsp3) is 0.222. The molecule has 0 radical (unpaired) electrons. The molecule has 1 aromatic rings. The average Bonchev–Trinajstić information content (AvgIpc) is 2.03. The van der Waals surface area contributed by atoms with Gasteiger partial charge in [0.15, 0.2) is 0 Å². The molecule has 64 valence electrons. The second-order valence-electron chi connectivity index (χ2n) is 2.21. The number of aryl methyl sites for hydroxylation is 1. The van der Waals surface area contributed by atoms with Crippen LogP contribution in [0.2, 0.25) is 0 Å². The van der Waals surface area contributed by atoms with E-state index in [0.29, 0.717) is 0 Å². The second kappa shape index (κ2) is 6.41. The van der Waals surface area contributed by atoms with Gasteiger partial charge in [0.1, 0.15) is 0 Å². The van der Waals surface area contributed by atoms with Gasteiger partial charge in [-0.1, -0.05) is 42.3 Å². The van der Waals surface area contributed by atoms with Crippen LogP contribution in [0.25, 0.3) is 0 Å². The topological polar surface area (TPSA) is 20.2 Å². The van der Waals surface area contributed by atoms with Crippen LogP contribution in [0.15, 0.2) is 30.3 Å². The monoisotopic (exact) mass is 198 g/mol. The molecule has 0 heterocycles. The molecule has 0 aliphatic carbocycles. The normalized spacial score (nSPS) is 8.82. The van der Waals surface area contributed by atoms with E-state index in [1.165, 1.54) is 12.2 Å². The summed E-state index contributed by atoms with van der Waals surface area (Å²) in [6, 6.07) is 10.1. The van der Waals surface area contributed by atoms with Crippen LogP contribution in [-0.2, 0) is 23.5 Å². The maximum absolute atomic E-state index is 8.40. The predicted octanol–water partition coefficient (Wildman–Crippen LogP) is 2.15. The third-order valence-corrected chi connectivity index (χ3v) is 1.40. The molecule has 1 rings (SSSR count). The van der Waals surface area contributed by atoms with Crippen molar-refractivity contribution in [3.63, 3.8) is 0 Å². The van der Waals surface area contributed by atoms with Crippen molar-refractivity contribution in [2.45, 2.75) is 12.8 Å². The quantitative estimate of drug-likeness (QED) is 0.583. The Kier molecular flexibility index (Phi) is 6.24. The Morgan fingerprint density at radius 1 is 1.18 bits per heavy atom. The van der Waals surface area contributed by atoms with Crippen LogP contribution in [0.1, 0.15) is 12.0 Å². The van der Waals surface area contributed by atoms with Crippen LogP contribution < -0.4 is 0 Å². The van der Waals surface area contributed by atoms with Crippen LogP contribution in [-0.4, -0.2) is 5.11 Å². The number of rotatable bonds is 3. The number of benzene rings is 1. The first kappa shape index (κ1) is 10.7.